The number of nitrogens with one attached hydrogen (secondary N) is 3. The fraction of sp³-hybridized carbons (Fsp3) is 0.211. The average molecular weight is 347 g/mol. The third-order valence-corrected chi connectivity index (χ3v) is 3.73. The van der Waals surface area contributed by atoms with Crippen LogP contribution in [0.1, 0.15) is 16.7 Å². The Labute approximate surface area is 145 Å². The zero-order chi connectivity index (χ0) is 18.4. The average Bonchev–Trinajstić information content (AvgIpc) is 2.59. The first kappa shape index (κ1) is 18.7. The van der Waals surface area contributed by atoms with E-state index in [4.69, 9.17) is 5.41 Å². The predicted molar refractivity (Wildman–Crippen MR) is 94.7 cm³/mol. The van der Waals surface area contributed by atoms with Crippen LogP contribution in [0.2, 0.25) is 0 Å². The van der Waals surface area contributed by atoms with E-state index in [1.165, 1.54) is 12.1 Å². The Hall–Kier alpha value is -2.60. The SMILES string of the molecule is CN/C=C\C(=N)c1cc(-c2ccc(C(F)(F)F)cc2)ccc1CNC. The summed E-state index contributed by atoms with van der Waals surface area (Å²) < 4.78 is 38.1. The van der Waals surface area contributed by atoms with Crippen LogP contribution in [0.15, 0.2) is 54.7 Å². The van der Waals surface area contributed by atoms with Crippen LogP contribution in [0.5, 0.6) is 0 Å². The van der Waals surface area contributed by atoms with Crippen LogP contribution in [0.4, 0.5) is 13.2 Å². The Bertz CT molecular complexity index is 762. The monoisotopic (exact) mass is 347 g/mol. The van der Waals surface area contributed by atoms with Gasteiger partial charge in [-0.05, 0) is 54.2 Å². The van der Waals surface area contributed by atoms with Crippen LogP contribution in [0.3, 0.4) is 0 Å². The van der Waals surface area contributed by atoms with Crippen LogP contribution < -0.4 is 10.6 Å². The van der Waals surface area contributed by atoms with E-state index in [1.54, 1.807) is 19.3 Å². The standard InChI is InChI=1S/C19H20F3N3/c1-24-10-9-18(23)17-11-14(3-4-15(17)12-25-2)13-5-7-16(8-6-13)19(20,21)22/h3-11,23-25H,12H2,1-2H3/b10-9-,23-18?. The fourth-order valence-electron chi connectivity index (χ4n) is 2.46. The second kappa shape index (κ2) is 7.98. The molecule has 3 nitrogen and oxygen atoms in total. The fourth-order valence-corrected chi connectivity index (χ4v) is 2.46. The smallest absolute Gasteiger partial charge is 0.394 e. The first-order valence-electron chi connectivity index (χ1n) is 7.74. The van der Waals surface area contributed by atoms with E-state index in [2.05, 4.69) is 10.6 Å². The van der Waals surface area contributed by atoms with Gasteiger partial charge in [0.05, 0.1) is 11.3 Å². The number of benzene rings is 2. The number of halogens is 3. The van der Waals surface area contributed by atoms with Gasteiger partial charge in [0.25, 0.3) is 0 Å². The molecule has 0 atom stereocenters. The van der Waals surface area contributed by atoms with Crippen molar-refractivity contribution in [2.75, 3.05) is 14.1 Å². The first-order valence-corrected chi connectivity index (χ1v) is 7.74. The third-order valence-electron chi connectivity index (χ3n) is 3.73. The molecule has 2 aromatic carbocycles. The molecule has 3 N–H and O–H groups in total. The van der Waals surface area contributed by atoms with Gasteiger partial charge in [0.15, 0.2) is 0 Å². The summed E-state index contributed by atoms with van der Waals surface area (Å²) in [5.74, 6) is 0. The summed E-state index contributed by atoms with van der Waals surface area (Å²) in [6, 6.07) is 10.6. The molecule has 6 heteroatoms. The number of hydrogen-bond acceptors (Lipinski definition) is 3. The van der Waals surface area contributed by atoms with Crippen molar-refractivity contribution in [3.8, 4) is 11.1 Å². The summed E-state index contributed by atoms with van der Waals surface area (Å²) >= 11 is 0. The van der Waals surface area contributed by atoms with Gasteiger partial charge in [-0.3, -0.25) is 0 Å². The summed E-state index contributed by atoms with van der Waals surface area (Å²) in [6.45, 7) is 0.596. The quantitative estimate of drug-likeness (QED) is 0.686. The molecule has 0 spiro atoms. The Morgan fingerprint density at radius 3 is 2.24 bits per heavy atom. The van der Waals surface area contributed by atoms with E-state index in [9.17, 15) is 13.2 Å². The van der Waals surface area contributed by atoms with Crippen molar-refractivity contribution in [2.45, 2.75) is 12.7 Å². The van der Waals surface area contributed by atoms with E-state index >= 15 is 0 Å². The number of alkyl halides is 3. The Balaban J connectivity index is 2.42. The van der Waals surface area contributed by atoms with Gasteiger partial charge in [0.2, 0.25) is 0 Å². The Morgan fingerprint density at radius 1 is 1.04 bits per heavy atom. The highest BCUT2D eigenvalue weighted by atomic mass is 19.4. The molecule has 0 aliphatic rings. The highest BCUT2D eigenvalue weighted by Crippen LogP contribution is 2.31. The zero-order valence-corrected chi connectivity index (χ0v) is 14.0. The molecule has 25 heavy (non-hydrogen) atoms. The van der Waals surface area contributed by atoms with Gasteiger partial charge in [-0.1, -0.05) is 24.3 Å². The van der Waals surface area contributed by atoms with E-state index in [0.29, 0.717) is 17.8 Å². The second-order valence-electron chi connectivity index (χ2n) is 5.51. The Kier molecular flexibility index (Phi) is 5.98. The minimum Gasteiger partial charge on any atom is -0.394 e. The number of allylic oxidation sites excluding steroid dienone is 1. The molecule has 0 amide bonds. The molecule has 2 aromatic rings. The molecule has 0 bridgehead atoms. The lowest BCUT2D eigenvalue weighted by molar-refractivity contribution is -0.137. The van der Waals surface area contributed by atoms with Crippen molar-refractivity contribution < 1.29 is 13.2 Å². The molecular weight excluding hydrogens is 327 g/mol. The van der Waals surface area contributed by atoms with Crippen LogP contribution >= 0.6 is 0 Å². The van der Waals surface area contributed by atoms with Crippen molar-refractivity contribution in [1.29, 1.82) is 5.41 Å². The minimum absolute atomic E-state index is 0.327. The van der Waals surface area contributed by atoms with E-state index in [0.717, 1.165) is 28.8 Å². The van der Waals surface area contributed by atoms with E-state index in [1.807, 2.05) is 25.2 Å². The topological polar surface area (TPSA) is 47.9 Å². The molecule has 0 unspecified atom stereocenters. The number of hydrogen-bond donors (Lipinski definition) is 3. The van der Waals surface area contributed by atoms with Crippen LogP contribution in [-0.4, -0.2) is 19.8 Å². The third kappa shape index (κ3) is 4.70. The van der Waals surface area contributed by atoms with Gasteiger partial charge in [-0.15, -0.1) is 0 Å². The zero-order valence-electron chi connectivity index (χ0n) is 14.0. The lowest BCUT2D eigenvalue weighted by Gasteiger charge is -2.12. The van der Waals surface area contributed by atoms with Gasteiger partial charge < -0.3 is 16.0 Å². The van der Waals surface area contributed by atoms with Gasteiger partial charge in [0, 0.05) is 19.2 Å². The van der Waals surface area contributed by atoms with Crippen LogP contribution in [0.25, 0.3) is 11.1 Å². The first-order chi connectivity index (χ1) is 11.9. The number of rotatable bonds is 6. The van der Waals surface area contributed by atoms with Crippen molar-refractivity contribution in [3.05, 3.63) is 71.4 Å². The van der Waals surface area contributed by atoms with Gasteiger partial charge in [0.1, 0.15) is 0 Å². The molecule has 0 aromatic heterocycles. The molecular formula is C19H20F3N3. The molecule has 0 radical (unpaired) electrons. The summed E-state index contributed by atoms with van der Waals surface area (Å²) in [4.78, 5) is 0. The lowest BCUT2D eigenvalue weighted by atomic mass is 9.95. The molecule has 0 fully saturated rings. The lowest BCUT2D eigenvalue weighted by Crippen LogP contribution is -2.11. The molecule has 132 valence electrons. The normalized spacial score (nSPS) is 11.7. The highest BCUT2D eigenvalue weighted by Gasteiger charge is 2.29. The van der Waals surface area contributed by atoms with Crippen molar-refractivity contribution in [2.24, 2.45) is 0 Å². The summed E-state index contributed by atoms with van der Waals surface area (Å²) in [5.41, 5.74) is 2.78. The van der Waals surface area contributed by atoms with Crippen molar-refractivity contribution >= 4 is 5.71 Å². The largest absolute Gasteiger partial charge is 0.416 e. The molecule has 0 aliphatic carbocycles. The maximum Gasteiger partial charge on any atom is 0.416 e. The summed E-state index contributed by atoms with van der Waals surface area (Å²) in [7, 11) is 3.57. The van der Waals surface area contributed by atoms with E-state index in [-0.39, 0.29) is 0 Å². The second-order valence-corrected chi connectivity index (χ2v) is 5.51. The summed E-state index contributed by atoms with van der Waals surface area (Å²) in [5, 5.41) is 14.1. The van der Waals surface area contributed by atoms with Gasteiger partial charge in [-0.25, -0.2) is 0 Å². The molecule has 0 saturated carbocycles. The van der Waals surface area contributed by atoms with Crippen LogP contribution in [-0.2, 0) is 12.7 Å². The van der Waals surface area contributed by atoms with Crippen LogP contribution in [0, 0.1) is 5.41 Å². The highest BCUT2D eigenvalue weighted by molar-refractivity contribution is 6.08. The van der Waals surface area contributed by atoms with E-state index < -0.39 is 11.7 Å². The Morgan fingerprint density at radius 2 is 1.68 bits per heavy atom. The van der Waals surface area contributed by atoms with Crippen molar-refractivity contribution in [3.63, 3.8) is 0 Å². The maximum absolute atomic E-state index is 12.7. The molecule has 2 rings (SSSR count). The van der Waals surface area contributed by atoms with Gasteiger partial charge in [-0.2, -0.15) is 13.2 Å². The molecule has 0 aliphatic heterocycles. The van der Waals surface area contributed by atoms with Crippen molar-refractivity contribution in [1.82, 2.24) is 10.6 Å². The summed E-state index contributed by atoms with van der Waals surface area (Å²) in [6.07, 6.45) is -1.04. The molecule has 0 saturated heterocycles. The predicted octanol–water partition coefficient (Wildman–Crippen LogP) is 4.19. The van der Waals surface area contributed by atoms with Gasteiger partial charge >= 0.3 is 6.18 Å². The molecule has 0 heterocycles. The minimum atomic E-state index is -4.35. The maximum atomic E-state index is 12.7.